The maximum absolute atomic E-state index is 12.1. The number of aryl methyl sites for hydroxylation is 2. The molecule has 3 rings (SSSR count). The molecule has 0 amide bonds. The number of nitrogens with one attached hydrogen (secondary N) is 1. The van der Waals surface area contributed by atoms with Crippen LogP contribution in [0.4, 0.5) is 0 Å². The fourth-order valence-electron chi connectivity index (χ4n) is 3.54. The molecule has 1 aliphatic rings. The zero-order valence-electron chi connectivity index (χ0n) is 12.5. The second-order valence-electron chi connectivity index (χ2n) is 6.03. The molecule has 0 radical (unpaired) electrons. The molecule has 1 atom stereocenters. The predicted molar refractivity (Wildman–Crippen MR) is 83.1 cm³/mol. The number of H-pyrrole nitrogens is 1. The van der Waals surface area contributed by atoms with Crippen molar-refractivity contribution in [3.63, 3.8) is 0 Å². The van der Waals surface area contributed by atoms with Crippen molar-refractivity contribution in [2.45, 2.75) is 52.4 Å². The number of aromatic nitrogens is 1. The number of para-hydroxylation sites is 1. The fraction of sp³-hybridized carbons (Fsp3) is 0.500. The third-order valence-corrected chi connectivity index (χ3v) is 4.75. The second kappa shape index (κ2) is 5.43. The first-order valence-corrected chi connectivity index (χ1v) is 7.82. The van der Waals surface area contributed by atoms with E-state index < -0.39 is 0 Å². The molecule has 1 N–H and O–H groups in total. The van der Waals surface area contributed by atoms with E-state index in [4.69, 9.17) is 0 Å². The number of fused-ring (bicyclic) bond motifs is 1. The Labute approximate surface area is 120 Å². The number of aromatic amines is 1. The van der Waals surface area contributed by atoms with Gasteiger partial charge in [-0.2, -0.15) is 0 Å². The summed E-state index contributed by atoms with van der Waals surface area (Å²) < 4.78 is 0. The Morgan fingerprint density at radius 3 is 2.90 bits per heavy atom. The summed E-state index contributed by atoms with van der Waals surface area (Å²) in [5.74, 6) is 0.711. The van der Waals surface area contributed by atoms with E-state index >= 15 is 0 Å². The number of carbonyl (C=O) groups excluding carboxylic acids is 1. The van der Waals surface area contributed by atoms with Crippen LogP contribution >= 0.6 is 0 Å². The number of carbonyl (C=O) groups is 1. The van der Waals surface area contributed by atoms with Gasteiger partial charge >= 0.3 is 0 Å². The van der Waals surface area contributed by atoms with Gasteiger partial charge in [0, 0.05) is 28.9 Å². The van der Waals surface area contributed by atoms with Gasteiger partial charge in [-0.15, -0.1) is 0 Å². The number of rotatable bonds is 3. The second-order valence-corrected chi connectivity index (χ2v) is 6.03. The summed E-state index contributed by atoms with van der Waals surface area (Å²) in [6, 6.07) is 6.52. The summed E-state index contributed by atoms with van der Waals surface area (Å²) in [6.45, 7) is 4.33. The monoisotopic (exact) mass is 269 g/mol. The van der Waals surface area contributed by atoms with Crippen LogP contribution in [0.3, 0.4) is 0 Å². The van der Waals surface area contributed by atoms with E-state index in [-0.39, 0.29) is 5.92 Å². The molecule has 0 bridgehead atoms. The average Bonchev–Trinajstić information content (AvgIpc) is 2.77. The highest BCUT2D eigenvalue weighted by Crippen LogP contribution is 2.31. The van der Waals surface area contributed by atoms with Gasteiger partial charge in [0.05, 0.1) is 0 Å². The quantitative estimate of drug-likeness (QED) is 0.883. The van der Waals surface area contributed by atoms with Crippen LogP contribution in [-0.4, -0.2) is 10.8 Å². The Balaban J connectivity index is 1.99. The lowest BCUT2D eigenvalue weighted by molar-refractivity contribution is -0.124. The molecule has 1 heterocycles. The molecule has 2 nitrogen and oxygen atoms in total. The van der Waals surface area contributed by atoms with Gasteiger partial charge in [-0.05, 0) is 43.7 Å². The van der Waals surface area contributed by atoms with Crippen LogP contribution in [0.25, 0.3) is 10.9 Å². The molecule has 0 aliphatic heterocycles. The standard InChI is InChI=1S/C18H23NO/c1-3-13-8-6-9-15-16(12(2)19-18(13)15)11-14-7-4-5-10-17(14)20/h6,8-9,14,19H,3-5,7,10-11H2,1-2H3. The van der Waals surface area contributed by atoms with Crippen molar-refractivity contribution < 1.29 is 4.79 Å². The lowest BCUT2D eigenvalue weighted by Gasteiger charge is -2.20. The maximum Gasteiger partial charge on any atom is 0.136 e. The topological polar surface area (TPSA) is 32.9 Å². The molecule has 0 spiro atoms. The third kappa shape index (κ3) is 2.28. The summed E-state index contributed by atoms with van der Waals surface area (Å²) in [5, 5.41) is 1.32. The summed E-state index contributed by atoms with van der Waals surface area (Å²) in [5.41, 5.74) is 5.23. The molecule has 0 saturated heterocycles. The minimum Gasteiger partial charge on any atom is -0.358 e. The molecule has 1 aliphatic carbocycles. The van der Waals surface area contributed by atoms with Crippen LogP contribution < -0.4 is 0 Å². The highest BCUT2D eigenvalue weighted by Gasteiger charge is 2.24. The first kappa shape index (κ1) is 13.4. The molecule has 2 aromatic rings. The van der Waals surface area contributed by atoms with E-state index in [1.54, 1.807) is 0 Å². The SMILES string of the molecule is CCc1cccc2c(CC3CCCCC3=O)c(C)[nH]c12. The van der Waals surface area contributed by atoms with Gasteiger partial charge in [0.15, 0.2) is 0 Å². The van der Waals surface area contributed by atoms with Crippen LogP contribution in [-0.2, 0) is 17.6 Å². The fourth-order valence-corrected chi connectivity index (χ4v) is 3.54. The van der Waals surface area contributed by atoms with Crippen LogP contribution in [0.1, 0.15) is 49.4 Å². The minimum atomic E-state index is 0.242. The first-order chi connectivity index (χ1) is 9.70. The third-order valence-electron chi connectivity index (χ3n) is 4.75. The van der Waals surface area contributed by atoms with E-state index in [9.17, 15) is 4.79 Å². The summed E-state index contributed by atoms with van der Waals surface area (Å²) in [4.78, 5) is 15.6. The minimum absolute atomic E-state index is 0.242. The van der Waals surface area contributed by atoms with Gasteiger partial charge in [0.25, 0.3) is 0 Å². The van der Waals surface area contributed by atoms with Gasteiger partial charge in [-0.25, -0.2) is 0 Å². The molecule has 1 unspecified atom stereocenters. The summed E-state index contributed by atoms with van der Waals surface area (Å²) in [7, 11) is 0. The summed E-state index contributed by atoms with van der Waals surface area (Å²) >= 11 is 0. The Bertz CT molecular complexity index is 638. The zero-order chi connectivity index (χ0) is 14.1. The number of hydrogen-bond acceptors (Lipinski definition) is 1. The Hall–Kier alpha value is -1.57. The van der Waals surface area contributed by atoms with Crippen molar-refractivity contribution in [1.29, 1.82) is 0 Å². The number of hydrogen-bond donors (Lipinski definition) is 1. The lowest BCUT2D eigenvalue weighted by Crippen LogP contribution is -2.21. The molecule has 1 saturated carbocycles. The van der Waals surface area contributed by atoms with Crippen LogP contribution in [0.5, 0.6) is 0 Å². The van der Waals surface area contributed by atoms with E-state index in [2.05, 4.69) is 37.0 Å². The highest BCUT2D eigenvalue weighted by atomic mass is 16.1. The smallest absolute Gasteiger partial charge is 0.136 e. The van der Waals surface area contributed by atoms with Crippen molar-refractivity contribution in [3.05, 3.63) is 35.0 Å². The van der Waals surface area contributed by atoms with Crippen molar-refractivity contribution in [3.8, 4) is 0 Å². The Morgan fingerprint density at radius 1 is 1.30 bits per heavy atom. The average molecular weight is 269 g/mol. The molecule has 1 aromatic carbocycles. The highest BCUT2D eigenvalue weighted by molar-refractivity contribution is 5.89. The first-order valence-electron chi connectivity index (χ1n) is 7.82. The van der Waals surface area contributed by atoms with Crippen molar-refractivity contribution in [2.75, 3.05) is 0 Å². The van der Waals surface area contributed by atoms with E-state index in [0.29, 0.717) is 5.78 Å². The Kier molecular flexibility index (Phi) is 3.64. The molecule has 1 aromatic heterocycles. The largest absolute Gasteiger partial charge is 0.358 e. The lowest BCUT2D eigenvalue weighted by atomic mass is 9.83. The van der Waals surface area contributed by atoms with Gasteiger partial charge < -0.3 is 4.98 Å². The molecule has 20 heavy (non-hydrogen) atoms. The van der Waals surface area contributed by atoms with Crippen molar-refractivity contribution in [2.24, 2.45) is 5.92 Å². The number of Topliss-reactive ketones (excluding diaryl/α,β-unsaturated/α-hetero) is 1. The van der Waals surface area contributed by atoms with Crippen LogP contribution in [0, 0.1) is 12.8 Å². The van der Waals surface area contributed by atoms with Crippen LogP contribution in [0.15, 0.2) is 18.2 Å². The van der Waals surface area contributed by atoms with Gasteiger partial charge in [0.1, 0.15) is 5.78 Å². The van der Waals surface area contributed by atoms with Crippen molar-refractivity contribution in [1.82, 2.24) is 4.98 Å². The predicted octanol–water partition coefficient (Wildman–Crippen LogP) is 4.34. The number of ketones is 1. The maximum atomic E-state index is 12.1. The van der Waals surface area contributed by atoms with Gasteiger partial charge in [-0.3, -0.25) is 4.79 Å². The molecule has 1 fully saturated rings. The Morgan fingerprint density at radius 2 is 2.15 bits per heavy atom. The van der Waals surface area contributed by atoms with E-state index in [0.717, 1.165) is 32.1 Å². The molecule has 106 valence electrons. The number of benzene rings is 1. The van der Waals surface area contributed by atoms with Crippen LogP contribution in [0.2, 0.25) is 0 Å². The molecule has 2 heteroatoms. The van der Waals surface area contributed by atoms with E-state index in [1.165, 1.54) is 34.1 Å². The summed E-state index contributed by atoms with van der Waals surface area (Å²) in [6.07, 6.45) is 6.10. The zero-order valence-corrected chi connectivity index (χ0v) is 12.5. The molecular weight excluding hydrogens is 246 g/mol. The normalized spacial score (nSPS) is 19.7. The van der Waals surface area contributed by atoms with Gasteiger partial charge in [-0.1, -0.05) is 31.5 Å². The van der Waals surface area contributed by atoms with Gasteiger partial charge in [0.2, 0.25) is 0 Å². The van der Waals surface area contributed by atoms with E-state index in [1.807, 2.05) is 0 Å². The van der Waals surface area contributed by atoms with Crippen molar-refractivity contribution >= 4 is 16.7 Å². The molecular formula is C18H23NO.